The van der Waals surface area contributed by atoms with Crippen LogP contribution in [0.25, 0.3) is 11.1 Å². The van der Waals surface area contributed by atoms with Crippen LogP contribution in [0, 0.1) is 5.82 Å². The summed E-state index contributed by atoms with van der Waals surface area (Å²) in [6.45, 7) is 0.510. The summed E-state index contributed by atoms with van der Waals surface area (Å²) in [5, 5.41) is 0.0653. The zero-order valence-electron chi connectivity index (χ0n) is 9.88. The number of hydrogen-bond acceptors (Lipinski definition) is 3. The minimum absolute atomic E-state index is 0.0653. The van der Waals surface area contributed by atoms with E-state index in [1.54, 1.807) is 0 Å². The highest BCUT2D eigenvalue weighted by Gasteiger charge is 2.39. The lowest BCUT2D eigenvalue weighted by molar-refractivity contribution is 0.344. The van der Waals surface area contributed by atoms with Crippen LogP contribution in [0.3, 0.4) is 0 Å². The molecular weight excluding hydrogens is 255 g/mol. The maximum Gasteiger partial charge on any atom is 0.202 e. The predicted molar refractivity (Wildman–Crippen MR) is 68.2 cm³/mol. The molecule has 0 aliphatic heterocycles. The van der Waals surface area contributed by atoms with Crippen molar-refractivity contribution >= 4 is 22.7 Å². The predicted octanol–water partition coefficient (Wildman–Crippen LogP) is 3.39. The van der Waals surface area contributed by atoms with Gasteiger partial charge in [-0.2, -0.15) is 0 Å². The van der Waals surface area contributed by atoms with Gasteiger partial charge >= 0.3 is 0 Å². The van der Waals surface area contributed by atoms with Crippen molar-refractivity contribution in [3.8, 4) is 0 Å². The summed E-state index contributed by atoms with van der Waals surface area (Å²) < 4.78 is 19.1. The Balaban J connectivity index is 2.13. The second-order valence-corrected chi connectivity index (χ2v) is 5.35. The molecule has 1 fully saturated rings. The van der Waals surface area contributed by atoms with Gasteiger partial charge in [-0.25, -0.2) is 9.37 Å². The van der Waals surface area contributed by atoms with E-state index in [9.17, 15) is 4.39 Å². The van der Waals surface area contributed by atoms with Crippen LogP contribution in [0.1, 0.15) is 31.6 Å². The third-order valence-corrected chi connectivity index (χ3v) is 4.13. The van der Waals surface area contributed by atoms with Gasteiger partial charge in [0.2, 0.25) is 5.89 Å². The fourth-order valence-electron chi connectivity index (χ4n) is 2.71. The van der Waals surface area contributed by atoms with Crippen molar-refractivity contribution in [1.82, 2.24) is 4.98 Å². The topological polar surface area (TPSA) is 52.0 Å². The van der Waals surface area contributed by atoms with Crippen LogP contribution >= 0.6 is 11.6 Å². The number of benzene rings is 1. The van der Waals surface area contributed by atoms with Crippen molar-refractivity contribution in [2.45, 2.75) is 31.1 Å². The largest absolute Gasteiger partial charge is 0.440 e. The Hall–Kier alpha value is -1.13. The van der Waals surface area contributed by atoms with Crippen molar-refractivity contribution in [3.05, 3.63) is 28.9 Å². The van der Waals surface area contributed by atoms with Gasteiger partial charge in [-0.05, 0) is 18.9 Å². The van der Waals surface area contributed by atoms with Gasteiger partial charge in [-0.3, -0.25) is 0 Å². The number of rotatable bonds is 2. The number of nitrogens with zero attached hydrogens (tertiary/aromatic N) is 1. The van der Waals surface area contributed by atoms with E-state index in [1.165, 1.54) is 12.1 Å². The van der Waals surface area contributed by atoms with Gasteiger partial charge in [0, 0.05) is 12.6 Å². The molecule has 0 radical (unpaired) electrons. The summed E-state index contributed by atoms with van der Waals surface area (Å²) >= 11 is 5.74. The smallest absolute Gasteiger partial charge is 0.202 e. The molecule has 0 saturated heterocycles. The highest BCUT2D eigenvalue weighted by Crippen LogP contribution is 2.41. The lowest BCUT2D eigenvalue weighted by atomic mass is 9.86. The second kappa shape index (κ2) is 4.21. The maximum absolute atomic E-state index is 13.4. The van der Waals surface area contributed by atoms with Crippen LogP contribution in [0.4, 0.5) is 4.39 Å². The highest BCUT2D eigenvalue weighted by atomic mass is 35.5. The monoisotopic (exact) mass is 268 g/mol. The summed E-state index contributed by atoms with van der Waals surface area (Å²) in [4.78, 5) is 4.44. The average molecular weight is 269 g/mol. The molecule has 0 atom stereocenters. The molecule has 3 rings (SSSR count). The zero-order valence-corrected chi connectivity index (χ0v) is 10.6. The van der Waals surface area contributed by atoms with Gasteiger partial charge in [0.15, 0.2) is 5.58 Å². The lowest BCUT2D eigenvalue weighted by Crippen LogP contribution is -2.32. The molecule has 0 amide bonds. The minimum atomic E-state index is -0.486. The molecule has 2 aromatic rings. The molecule has 5 heteroatoms. The van der Waals surface area contributed by atoms with Crippen LogP contribution < -0.4 is 5.73 Å². The molecule has 0 bridgehead atoms. The zero-order chi connectivity index (χ0) is 12.8. The highest BCUT2D eigenvalue weighted by molar-refractivity contribution is 6.31. The number of fused-ring (bicyclic) bond motifs is 1. The van der Waals surface area contributed by atoms with E-state index in [4.69, 9.17) is 21.8 Å². The number of aromatic nitrogens is 1. The summed E-state index contributed by atoms with van der Waals surface area (Å²) in [6.07, 6.45) is 4.22. The fourth-order valence-corrected chi connectivity index (χ4v) is 2.87. The van der Waals surface area contributed by atoms with Crippen LogP contribution in [0.2, 0.25) is 5.02 Å². The van der Waals surface area contributed by atoms with Crippen LogP contribution in [0.15, 0.2) is 16.5 Å². The van der Waals surface area contributed by atoms with Crippen molar-refractivity contribution in [2.75, 3.05) is 6.54 Å². The molecule has 1 heterocycles. The summed E-state index contributed by atoms with van der Waals surface area (Å²) in [5.41, 5.74) is 6.73. The van der Waals surface area contributed by atoms with Crippen LogP contribution in [0.5, 0.6) is 0 Å². The second-order valence-electron chi connectivity index (χ2n) is 4.94. The average Bonchev–Trinajstić information content (AvgIpc) is 2.96. The molecule has 1 saturated carbocycles. The van der Waals surface area contributed by atoms with Gasteiger partial charge in [-0.15, -0.1) is 0 Å². The molecule has 2 N–H and O–H groups in total. The molecular formula is C13H14ClFN2O. The molecule has 1 aliphatic rings. The number of hydrogen-bond donors (Lipinski definition) is 1. The van der Waals surface area contributed by atoms with E-state index in [-0.39, 0.29) is 10.4 Å². The van der Waals surface area contributed by atoms with E-state index in [1.807, 2.05) is 0 Å². The Morgan fingerprint density at radius 1 is 1.39 bits per heavy atom. The molecule has 1 aromatic heterocycles. The van der Waals surface area contributed by atoms with Crippen molar-refractivity contribution in [1.29, 1.82) is 0 Å². The normalized spacial score (nSPS) is 18.6. The van der Waals surface area contributed by atoms with Crippen molar-refractivity contribution in [2.24, 2.45) is 5.73 Å². The maximum atomic E-state index is 13.4. The Labute approximate surface area is 109 Å². The molecule has 96 valence electrons. The van der Waals surface area contributed by atoms with Gasteiger partial charge in [0.25, 0.3) is 0 Å². The molecule has 18 heavy (non-hydrogen) atoms. The van der Waals surface area contributed by atoms with E-state index in [2.05, 4.69) is 4.98 Å². The van der Waals surface area contributed by atoms with Gasteiger partial charge in [0.05, 0.1) is 10.4 Å². The lowest BCUT2D eigenvalue weighted by Gasteiger charge is -2.22. The molecule has 0 spiro atoms. The first kappa shape index (κ1) is 11.9. The first-order valence-electron chi connectivity index (χ1n) is 6.11. The van der Waals surface area contributed by atoms with Crippen molar-refractivity contribution < 1.29 is 8.81 Å². The van der Waals surface area contributed by atoms with Gasteiger partial charge in [0.1, 0.15) is 11.3 Å². The van der Waals surface area contributed by atoms with Gasteiger partial charge in [-0.1, -0.05) is 24.4 Å². The number of nitrogens with two attached hydrogens (primary N) is 1. The van der Waals surface area contributed by atoms with Crippen molar-refractivity contribution in [3.63, 3.8) is 0 Å². The summed E-state index contributed by atoms with van der Waals surface area (Å²) in [7, 11) is 0. The fraction of sp³-hybridized carbons (Fsp3) is 0.462. The number of oxazole rings is 1. The summed E-state index contributed by atoms with van der Waals surface area (Å²) in [5.74, 6) is 0.138. The Kier molecular flexibility index (Phi) is 2.79. The Morgan fingerprint density at radius 3 is 2.78 bits per heavy atom. The third-order valence-electron chi connectivity index (χ3n) is 3.84. The summed E-state index contributed by atoms with van der Waals surface area (Å²) in [6, 6.07) is 2.78. The third kappa shape index (κ3) is 1.71. The minimum Gasteiger partial charge on any atom is -0.440 e. The number of halogens is 2. The molecule has 0 unspecified atom stereocenters. The van der Waals surface area contributed by atoms with E-state index in [0.717, 1.165) is 25.7 Å². The van der Waals surface area contributed by atoms with Crippen LogP contribution in [-0.2, 0) is 5.41 Å². The Morgan fingerprint density at radius 2 is 2.11 bits per heavy atom. The first-order chi connectivity index (χ1) is 8.64. The SMILES string of the molecule is NCC1(c2nc3cc(Cl)c(F)cc3o2)CCCC1. The Bertz CT molecular complexity index is 551. The molecule has 1 aliphatic carbocycles. The molecule has 1 aromatic carbocycles. The molecule has 3 nitrogen and oxygen atoms in total. The van der Waals surface area contributed by atoms with Gasteiger partial charge < -0.3 is 10.2 Å². The van der Waals surface area contributed by atoms with Crippen LogP contribution in [-0.4, -0.2) is 11.5 Å². The quantitative estimate of drug-likeness (QED) is 0.908. The standard InChI is InChI=1S/C13H14ClFN2O/c14-8-5-10-11(6-9(8)15)18-12(17-10)13(7-16)3-1-2-4-13/h5-6H,1-4,7,16H2. The van der Waals surface area contributed by atoms with E-state index >= 15 is 0 Å². The first-order valence-corrected chi connectivity index (χ1v) is 6.48. The van der Waals surface area contributed by atoms with E-state index in [0.29, 0.717) is 23.5 Å². The van der Waals surface area contributed by atoms with E-state index < -0.39 is 5.82 Å².